The van der Waals surface area contributed by atoms with Gasteiger partial charge in [-0.15, -0.1) is 0 Å². The average Bonchev–Trinajstić information content (AvgIpc) is 2.56. The molecule has 3 aliphatic heterocycles. The van der Waals surface area contributed by atoms with Crippen LogP contribution in [-0.2, 0) is 9.47 Å². The molecule has 0 aromatic rings. The summed E-state index contributed by atoms with van der Waals surface area (Å²) in [5.41, 5.74) is 0. The summed E-state index contributed by atoms with van der Waals surface area (Å²) < 4.78 is 11.6. The molecule has 3 heterocycles. The van der Waals surface area contributed by atoms with Gasteiger partial charge in [0.25, 0.3) is 0 Å². The van der Waals surface area contributed by atoms with Gasteiger partial charge in [-0.05, 0) is 25.1 Å². The molecule has 23 heavy (non-hydrogen) atoms. The minimum Gasteiger partial charge on any atom is -0.390 e. The minimum atomic E-state index is -0.950. The largest absolute Gasteiger partial charge is 0.390 e. The van der Waals surface area contributed by atoms with Crippen molar-refractivity contribution in [1.29, 1.82) is 0 Å². The third-order valence-corrected chi connectivity index (χ3v) is 5.76. The summed E-state index contributed by atoms with van der Waals surface area (Å²) in [6, 6.07) is 0. The number of hydrogen-bond donors (Lipinski definition) is 4. The van der Waals surface area contributed by atoms with Crippen molar-refractivity contribution in [3.05, 3.63) is 0 Å². The van der Waals surface area contributed by atoms with E-state index in [0.29, 0.717) is 11.7 Å². The Balaban J connectivity index is 1.83. The molecule has 8 heteroatoms. The zero-order chi connectivity index (χ0) is 16.7. The van der Waals surface area contributed by atoms with E-state index < -0.39 is 18.5 Å². The zero-order valence-electron chi connectivity index (χ0n) is 13.6. The molecule has 6 nitrogen and oxygen atoms in total. The fourth-order valence-electron chi connectivity index (χ4n) is 3.03. The summed E-state index contributed by atoms with van der Waals surface area (Å²) in [4.78, 5) is 0. The fraction of sp³-hybridized carbons (Fsp3) is 0.933. The van der Waals surface area contributed by atoms with Gasteiger partial charge in [-0.25, -0.2) is 0 Å². The summed E-state index contributed by atoms with van der Waals surface area (Å²) in [5.74, 6) is 1.66. The Kier molecular flexibility index (Phi) is 8.35. The first-order valence-corrected chi connectivity index (χ1v) is 9.86. The summed E-state index contributed by atoms with van der Waals surface area (Å²) >= 11 is 6.79. The lowest BCUT2D eigenvalue weighted by Gasteiger charge is -2.43. The van der Waals surface area contributed by atoms with Crippen LogP contribution in [0, 0.1) is 5.92 Å². The molecule has 0 aromatic carbocycles. The van der Waals surface area contributed by atoms with Crippen LogP contribution in [0.15, 0.2) is 0 Å². The highest BCUT2D eigenvalue weighted by Crippen LogP contribution is 2.33. The van der Waals surface area contributed by atoms with Gasteiger partial charge in [0.15, 0.2) is 11.4 Å². The third kappa shape index (κ3) is 5.72. The molecule has 134 valence electrons. The van der Waals surface area contributed by atoms with Crippen molar-refractivity contribution in [2.24, 2.45) is 5.92 Å². The highest BCUT2D eigenvalue weighted by molar-refractivity contribution is 7.99. The average molecular weight is 365 g/mol. The number of hydrogen-bond acceptors (Lipinski definition) is 6. The van der Waals surface area contributed by atoms with Crippen molar-refractivity contribution in [3.63, 3.8) is 0 Å². The fourth-order valence-corrected chi connectivity index (χ4v) is 4.10. The lowest BCUT2D eigenvalue weighted by atomic mass is 9.85. The van der Waals surface area contributed by atoms with Crippen LogP contribution in [0.1, 0.15) is 25.7 Å². The standard InChI is InChI=1S/C15H28N2O4S2/c1-16-15(22)17-6-8-23-9-11-10-5-3-2-4-7-20-14(21-11)13(19)12(10)18/h10-14,18-19H,2-9H2,1H3,(H2,16,17,22)/t10?,11?,12-,13?,14-/m0/s1. The molecule has 0 aromatic heterocycles. The second-order valence-electron chi connectivity index (χ2n) is 5.99. The maximum atomic E-state index is 10.4. The maximum Gasteiger partial charge on any atom is 0.186 e. The van der Waals surface area contributed by atoms with E-state index in [4.69, 9.17) is 21.7 Å². The number of nitrogens with one attached hydrogen (secondary N) is 2. The van der Waals surface area contributed by atoms with Crippen molar-refractivity contribution >= 4 is 29.1 Å². The normalized spacial score (nSPS) is 34.8. The van der Waals surface area contributed by atoms with E-state index in [-0.39, 0.29) is 12.0 Å². The topological polar surface area (TPSA) is 83.0 Å². The van der Waals surface area contributed by atoms with Crippen molar-refractivity contribution in [2.75, 3.05) is 31.7 Å². The molecule has 0 spiro atoms. The Hall–Kier alpha value is -0.120. The first-order valence-electron chi connectivity index (χ1n) is 8.30. The van der Waals surface area contributed by atoms with E-state index in [2.05, 4.69) is 10.6 Å². The van der Waals surface area contributed by atoms with Gasteiger partial charge in [0.2, 0.25) is 0 Å². The number of fused-ring (bicyclic) bond motifs is 7. The highest BCUT2D eigenvalue weighted by Gasteiger charge is 2.44. The molecule has 0 aliphatic carbocycles. The lowest BCUT2D eigenvalue weighted by molar-refractivity contribution is -0.284. The van der Waals surface area contributed by atoms with E-state index in [1.165, 1.54) is 0 Å². The first-order chi connectivity index (χ1) is 11.1. The summed E-state index contributed by atoms with van der Waals surface area (Å²) in [6.45, 7) is 1.36. The van der Waals surface area contributed by atoms with Crippen molar-refractivity contribution in [1.82, 2.24) is 10.6 Å². The molecule has 2 bridgehead atoms. The summed E-state index contributed by atoms with van der Waals surface area (Å²) in [7, 11) is 1.79. The number of rotatable bonds is 5. The molecule has 3 fully saturated rings. The molecule has 3 aliphatic rings. The summed E-state index contributed by atoms with van der Waals surface area (Å²) in [5, 5.41) is 27.2. The zero-order valence-corrected chi connectivity index (χ0v) is 15.2. The third-order valence-electron chi connectivity index (χ3n) is 4.36. The van der Waals surface area contributed by atoms with Crippen LogP contribution in [-0.4, -0.2) is 71.6 Å². The number of thiocarbonyl (C=S) groups is 1. The van der Waals surface area contributed by atoms with Crippen LogP contribution in [0.4, 0.5) is 0 Å². The monoisotopic (exact) mass is 364 g/mol. The molecule has 3 saturated heterocycles. The highest BCUT2D eigenvalue weighted by atomic mass is 32.2. The molecular formula is C15H28N2O4S2. The Bertz CT molecular complexity index is 373. The molecule has 0 amide bonds. The van der Waals surface area contributed by atoms with Gasteiger partial charge in [-0.3, -0.25) is 0 Å². The summed E-state index contributed by atoms with van der Waals surface area (Å²) in [6.07, 6.45) is 1.48. The van der Waals surface area contributed by atoms with Crippen LogP contribution in [0.2, 0.25) is 0 Å². The van der Waals surface area contributed by atoms with Gasteiger partial charge >= 0.3 is 0 Å². The minimum absolute atomic E-state index is 0.0261. The van der Waals surface area contributed by atoms with E-state index >= 15 is 0 Å². The van der Waals surface area contributed by atoms with Gasteiger partial charge in [-0.1, -0.05) is 12.8 Å². The predicted octanol–water partition coefficient (Wildman–Crippen LogP) is 0.467. The van der Waals surface area contributed by atoms with Crippen LogP contribution >= 0.6 is 24.0 Å². The van der Waals surface area contributed by atoms with Crippen molar-refractivity contribution in [3.8, 4) is 0 Å². The number of ether oxygens (including phenoxy) is 2. The second-order valence-corrected chi connectivity index (χ2v) is 7.55. The van der Waals surface area contributed by atoms with Gasteiger partial charge in [0, 0.05) is 37.6 Å². The molecule has 0 radical (unpaired) electrons. The van der Waals surface area contributed by atoms with Crippen molar-refractivity contribution in [2.45, 2.75) is 50.3 Å². The number of aliphatic hydroxyl groups is 2. The van der Waals surface area contributed by atoms with E-state index in [1.54, 1.807) is 18.8 Å². The Morgan fingerprint density at radius 3 is 2.87 bits per heavy atom. The van der Waals surface area contributed by atoms with Crippen molar-refractivity contribution < 1.29 is 19.7 Å². The molecule has 0 saturated carbocycles. The number of aliphatic hydroxyl groups excluding tert-OH is 2. The Morgan fingerprint density at radius 1 is 1.26 bits per heavy atom. The van der Waals surface area contributed by atoms with E-state index in [1.807, 2.05) is 0 Å². The molecule has 3 rings (SSSR count). The lowest BCUT2D eigenvalue weighted by Crippen LogP contribution is -2.56. The van der Waals surface area contributed by atoms with Crippen LogP contribution in [0.5, 0.6) is 0 Å². The molecule has 5 atom stereocenters. The van der Waals surface area contributed by atoms with Crippen LogP contribution < -0.4 is 10.6 Å². The molecular weight excluding hydrogens is 336 g/mol. The van der Waals surface area contributed by atoms with E-state index in [9.17, 15) is 10.2 Å². The van der Waals surface area contributed by atoms with Gasteiger partial charge in [0.1, 0.15) is 6.10 Å². The second kappa shape index (κ2) is 10.0. The molecule has 3 unspecified atom stereocenters. The quantitative estimate of drug-likeness (QED) is 0.414. The van der Waals surface area contributed by atoms with Gasteiger partial charge in [0.05, 0.1) is 12.2 Å². The van der Waals surface area contributed by atoms with Crippen LogP contribution in [0.3, 0.4) is 0 Å². The maximum absolute atomic E-state index is 10.4. The van der Waals surface area contributed by atoms with Gasteiger partial charge in [-0.2, -0.15) is 11.8 Å². The first kappa shape index (κ1) is 19.2. The van der Waals surface area contributed by atoms with Crippen LogP contribution in [0.25, 0.3) is 0 Å². The Labute approximate surface area is 147 Å². The smallest absolute Gasteiger partial charge is 0.186 e. The van der Waals surface area contributed by atoms with E-state index in [0.717, 1.165) is 43.7 Å². The molecule has 4 N–H and O–H groups in total. The predicted molar refractivity (Wildman–Crippen MR) is 95.6 cm³/mol. The SMILES string of the molecule is CNC(=S)NCCSCC1O[C@@H]2OCCCCCC1[C@H](O)C2O. The number of thioether (sulfide) groups is 1. The Morgan fingerprint density at radius 2 is 2.09 bits per heavy atom. The van der Waals surface area contributed by atoms with Gasteiger partial charge < -0.3 is 30.3 Å².